The van der Waals surface area contributed by atoms with E-state index in [1.807, 2.05) is 0 Å². The van der Waals surface area contributed by atoms with Crippen molar-refractivity contribution in [3.8, 4) is 0 Å². The van der Waals surface area contributed by atoms with Gasteiger partial charge in [-0.05, 0) is 34.1 Å². The molecule has 2 amide bonds. The van der Waals surface area contributed by atoms with Gasteiger partial charge in [0.25, 0.3) is 11.8 Å². The van der Waals surface area contributed by atoms with Crippen LogP contribution in [0.5, 0.6) is 0 Å². The minimum Gasteiger partial charge on any atom is -0.362 e. The van der Waals surface area contributed by atoms with E-state index in [9.17, 15) is 9.59 Å². The zero-order chi connectivity index (χ0) is 11.7. The summed E-state index contributed by atoms with van der Waals surface area (Å²) >= 11 is 9.11. The number of anilines is 1. The molecule has 1 heterocycles. The number of morpholine rings is 1. The number of imide groups is 1. The van der Waals surface area contributed by atoms with Crippen LogP contribution in [0.25, 0.3) is 0 Å². The van der Waals surface area contributed by atoms with Crippen molar-refractivity contribution in [1.82, 2.24) is 0 Å². The van der Waals surface area contributed by atoms with Gasteiger partial charge in [0, 0.05) is 9.50 Å². The van der Waals surface area contributed by atoms with Crippen LogP contribution >= 0.6 is 27.5 Å². The average molecular weight is 305 g/mol. The Morgan fingerprint density at radius 3 is 2.50 bits per heavy atom. The van der Waals surface area contributed by atoms with E-state index in [1.165, 1.54) is 0 Å². The molecule has 0 spiro atoms. The molecule has 84 valence electrons. The first-order valence-electron chi connectivity index (χ1n) is 4.48. The third-order valence-electron chi connectivity index (χ3n) is 2.10. The van der Waals surface area contributed by atoms with Gasteiger partial charge in [0.15, 0.2) is 0 Å². The van der Waals surface area contributed by atoms with E-state index in [4.69, 9.17) is 16.3 Å². The molecule has 4 nitrogen and oxygen atoms in total. The van der Waals surface area contributed by atoms with Gasteiger partial charge in [0.05, 0.1) is 5.69 Å². The number of amides is 2. The third kappa shape index (κ3) is 2.11. The van der Waals surface area contributed by atoms with Gasteiger partial charge in [-0.2, -0.15) is 0 Å². The summed E-state index contributed by atoms with van der Waals surface area (Å²) in [5.74, 6) is -0.779. The Morgan fingerprint density at radius 2 is 1.88 bits per heavy atom. The van der Waals surface area contributed by atoms with Crippen molar-refractivity contribution < 1.29 is 14.3 Å². The van der Waals surface area contributed by atoms with Crippen LogP contribution in [0, 0.1) is 0 Å². The lowest BCUT2D eigenvalue weighted by Crippen LogP contribution is -2.46. The first-order chi connectivity index (χ1) is 7.59. The fourth-order valence-electron chi connectivity index (χ4n) is 1.42. The molecule has 2 rings (SSSR count). The molecular weight excluding hydrogens is 297 g/mol. The maximum absolute atomic E-state index is 11.6. The van der Waals surface area contributed by atoms with Crippen molar-refractivity contribution in [1.29, 1.82) is 0 Å². The van der Waals surface area contributed by atoms with Gasteiger partial charge in [-0.1, -0.05) is 11.6 Å². The van der Waals surface area contributed by atoms with Crippen molar-refractivity contribution in [2.45, 2.75) is 0 Å². The van der Waals surface area contributed by atoms with Crippen LogP contribution < -0.4 is 4.90 Å². The second-order valence-electron chi connectivity index (χ2n) is 3.21. The quantitative estimate of drug-likeness (QED) is 0.746. The van der Waals surface area contributed by atoms with Gasteiger partial charge >= 0.3 is 0 Å². The number of hydrogen-bond donors (Lipinski definition) is 0. The summed E-state index contributed by atoms with van der Waals surface area (Å²) in [5.41, 5.74) is 0.450. The van der Waals surface area contributed by atoms with Crippen molar-refractivity contribution in [3.63, 3.8) is 0 Å². The second-order valence-corrected chi connectivity index (χ2v) is 4.50. The number of hydrogen-bond acceptors (Lipinski definition) is 3. The predicted molar refractivity (Wildman–Crippen MR) is 62.5 cm³/mol. The lowest BCUT2D eigenvalue weighted by atomic mass is 10.2. The number of halogens is 2. The van der Waals surface area contributed by atoms with Crippen LogP contribution in [0.3, 0.4) is 0 Å². The van der Waals surface area contributed by atoms with Crippen molar-refractivity contribution in [2.75, 3.05) is 18.1 Å². The van der Waals surface area contributed by atoms with E-state index in [-0.39, 0.29) is 25.0 Å². The van der Waals surface area contributed by atoms with E-state index in [0.29, 0.717) is 15.2 Å². The highest BCUT2D eigenvalue weighted by atomic mass is 79.9. The van der Waals surface area contributed by atoms with E-state index >= 15 is 0 Å². The lowest BCUT2D eigenvalue weighted by molar-refractivity contribution is -0.138. The number of carbonyl (C=O) groups excluding carboxylic acids is 2. The molecule has 0 saturated carbocycles. The predicted octanol–water partition coefficient (Wildman–Crippen LogP) is 1.99. The highest BCUT2D eigenvalue weighted by molar-refractivity contribution is 9.10. The zero-order valence-corrected chi connectivity index (χ0v) is 10.4. The summed E-state index contributed by atoms with van der Waals surface area (Å²) in [7, 11) is 0. The summed E-state index contributed by atoms with van der Waals surface area (Å²) < 4.78 is 5.47. The Labute approximate surface area is 105 Å². The SMILES string of the molecule is O=C1COCC(=O)N1c1cc(Cl)ccc1Br. The molecule has 1 aromatic carbocycles. The van der Waals surface area contributed by atoms with Crippen LogP contribution in [0.15, 0.2) is 22.7 Å². The molecular formula is C10H7BrClNO3. The molecule has 16 heavy (non-hydrogen) atoms. The van der Waals surface area contributed by atoms with Gasteiger partial charge in [0.2, 0.25) is 0 Å². The van der Waals surface area contributed by atoms with E-state index in [1.54, 1.807) is 18.2 Å². The maximum Gasteiger partial charge on any atom is 0.259 e. The fourth-order valence-corrected chi connectivity index (χ4v) is 2.01. The molecule has 0 aliphatic carbocycles. The number of nitrogens with zero attached hydrogens (tertiary/aromatic N) is 1. The molecule has 0 aromatic heterocycles. The Morgan fingerprint density at radius 1 is 1.25 bits per heavy atom. The van der Waals surface area contributed by atoms with Crippen molar-refractivity contribution in [3.05, 3.63) is 27.7 Å². The van der Waals surface area contributed by atoms with Crippen molar-refractivity contribution in [2.24, 2.45) is 0 Å². The molecule has 0 N–H and O–H groups in total. The minimum atomic E-state index is -0.390. The molecule has 6 heteroatoms. The lowest BCUT2D eigenvalue weighted by Gasteiger charge is -2.25. The Bertz CT molecular complexity index is 447. The Kier molecular flexibility index (Phi) is 3.28. The molecule has 0 radical (unpaired) electrons. The number of ether oxygens (including phenoxy) is 1. The molecule has 1 aromatic rings. The summed E-state index contributed by atoms with van der Waals surface area (Å²) in [4.78, 5) is 24.3. The first kappa shape index (κ1) is 11.6. The summed E-state index contributed by atoms with van der Waals surface area (Å²) in [5, 5.41) is 0.463. The number of carbonyl (C=O) groups is 2. The van der Waals surface area contributed by atoms with Gasteiger partial charge < -0.3 is 4.74 Å². The van der Waals surface area contributed by atoms with Gasteiger partial charge in [-0.3, -0.25) is 9.59 Å². The zero-order valence-electron chi connectivity index (χ0n) is 8.07. The van der Waals surface area contributed by atoms with Crippen LogP contribution in [-0.4, -0.2) is 25.0 Å². The van der Waals surface area contributed by atoms with Gasteiger partial charge in [-0.25, -0.2) is 4.90 Å². The Hall–Kier alpha value is -0.910. The average Bonchev–Trinajstić information content (AvgIpc) is 2.23. The van der Waals surface area contributed by atoms with Crippen LogP contribution in [0.1, 0.15) is 0 Å². The first-order valence-corrected chi connectivity index (χ1v) is 5.65. The van der Waals surface area contributed by atoms with Crippen LogP contribution in [-0.2, 0) is 14.3 Å². The van der Waals surface area contributed by atoms with Crippen molar-refractivity contribution >= 4 is 45.0 Å². The highest BCUT2D eigenvalue weighted by Crippen LogP contribution is 2.30. The molecule has 1 saturated heterocycles. The van der Waals surface area contributed by atoms with Crippen LogP contribution in [0.2, 0.25) is 5.02 Å². The Balaban J connectivity index is 2.45. The fraction of sp³-hybridized carbons (Fsp3) is 0.200. The summed E-state index contributed by atoms with van der Waals surface area (Å²) in [6.07, 6.45) is 0. The summed E-state index contributed by atoms with van der Waals surface area (Å²) in [6, 6.07) is 4.92. The smallest absolute Gasteiger partial charge is 0.259 e. The normalized spacial score (nSPS) is 16.8. The standard InChI is InChI=1S/C10H7BrClNO3/c11-7-2-1-6(12)3-8(7)13-9(14)4-16-5-10(13)15/h1-3H,4-5H2. The molecule has 1 aliphatic heterocycles. The van der Waals surface area contributed by atoms with E-state index < -0.39 is 0 Å². The molecule has 1 aliphatic rings. The van der Waals surface area contributed by atoms with E-state index in [0.717, 1.165) is 4.90 Å². The second kappa shape index (κ2) is 4.53. The number of benzene rings is 1. The van der Waals surface area contributed by atoms with Gasteiger partial charge in [0.1, 0.15) is 13.2 Å². The van der Waals surface area contributed by atoms with Crippen LogP contribution in [0.4, 0.5) is 5.69 Å². The molecule has 0 atom stereocenters. The minimum absolute atomic E-state index is 0.0926. The molecule has 0 bridgehead atoms. The molecule has 0 unspecified atom stereocenters. The summed E-state index contributed by atoms with van der Waals surface area (Å²) in [6.45, 7) is -0.185. The topological polar surface area (TPSA) is 46.6 Å². The monoisotopic (exact) mass is 303 g/mol. The third-order valence-corrected chi connectivity index (χ3v) is 3.00. The maximum atomic E-state index is 11.6. The largest absolute Gasteiger partial charge is 0.362 e. The number of rotatable bonds is 1. The highest BCUT2D eigenvalue weighted by Gasteiger charge is 2.29. The van der Waals surface area contributed by atoms with Gasteiger partial charge in [-0.15, -0.1) is 0 Å². The van der Waals surface area contributed by atoms with E-state index in [2.05, 4.69) is 15.9 Å². The molecule has 1 fully saturated rings.